The molecule has 4 rings (SSSR count). The molecule has 0 aromatic heterocycles. The zero-order valence-corrected chi connectivity index (χ0v) is 16.4. The Hall–Kier alpha value is -2.42. The van der Waals surface area contributed by atoms with E-state index in [0.717, 1.165) is 26.1 Å². The Morgan fingerprint density at radius 2 is 1.36 bits per heavy atom. The van der Waals surface area contributed by atoms with Gasteiger partial charge in [-0.3, -0.25) is 0 Å². The summed E-state index contributed by atoms with van der Waals surface area (Å²) >= 11 is 0. The third-order valence-electron chi connectivity index (χ3n) is 5.63. The molecule has 1 fully saturated rings. The first-order valence-corrected chi connectivity index (χ1v) is 10.4. The molecule has 0 radical (unpaired) electrons. The summed E-state index contributed by atoms with van der Waals surface area (Å²) in [5.74, 6) is 0.616. The van der Waals surface area contributed by atoms with Crippen molar-refractivity contribution in [3.63, 3.8) is 0 Å². The second-order valence-corrected chi connectivity index (χ2v) is 7.73. The second kappa shape index (κ2) is 9.68. The van der Waals surface area contributed by atoms with Crippen LogP contribution in [0, 0.1) is 5.92 Å². The highest BCUT2D eigenvalue weighted by atomic mass is 16.5. The van der Waals surface area contributed by atoms with Crippen molar-refractivity contribution in [3.05, 3.63) is 108 Å². The lowest BCUT2D eigenvalue weighted by molar-refractivity contribution is 0.0538. The summed E-state index contributed by atoms with van der Waals surface area (Å²) < 4.78 is 6.48. The predicted octanol–water partition coefficient (Wildman–Crippen LogP) is 5.36. The van der Waals surface area contributed by atoms with Gasteiger partial charge in [0, 0.05) is 13.1 Å². The van der Waals surface area contributed by atoms with Gasteiger partial charge in [0.05, 0.1) is 6.61 Å². The quantitative estimate of drug-likeness (QED) is 0.529. The van der Waals surface area contributed by atoms with Crippen LogP contribution in [0.15, 0.2) is 91.0 Å². The average Bonchev–Trinajstić information content (AvgIpc) is 3.23. The number of likely N-dealkylation sites (tertiary alicyclic amines) is 1. The normalized spacial score (nSPS) is 17.2. The number of ether oxygens (including phenoxy) is 1. The topological polar surface area (TPSA) is 12.5 Å². The standard InChI is InChI=1S/C26H29NO/c1-4-10-22(11-5-1)16-18-27-19-17-23(20-27)21-28-26(24-12-6-2-7-13-24)25-14-8-3-9-15-25/h1-15,23,26H,16-21H2. The van der Waals surface area contributed by atoms with E-state index in [-0.39, 0.29) is 6.10 Å². The van der Waals surface area contributed by atoms with E-state index in [1.54, 1.807) is 0 Å². The lowest BCUT2D eigenvalue weighted by Crippen LogP contribution is -2.24. The lowest BCUT2D eigenvalue weighted by Gasteiger charge is -2.22. The van der Waals surface area contributed by atoms with E-state index in [1.165, 1.54) is 29.7 Å². The van der Waals surface area contributed by atoms with Gasteiger partial charge in [-0.15, -0.1) is 0 Å². The summed E-state index contributed by atoms with van der Waals surface area (Å²) in [5.41, 5.74) is 3.88. The van der Waals surface area contributed by atoms with Crippen molar-refractivity contribution < 1.29 is 4.74 Å². The molecule has 3 aromatic carbocycles. The van der Waals surface area contributed by atoms with E-state index in [9.17, 15) is 0 Å². The first-order chi connectivity index (χ1) is 13.9. The largest absolute Gasteiger partial charge is 0.368 e. The van der Waals surface area contributed by atoms with E-state index < -0.39 is 0 Å². The molecule has 1 heterocycles. The van der Waals surface area contributed by atoms with Crippen LogP contribution >= 0.6 is 0 Å². The smallest absolute Gasteiger partial charge is 0.108 e. The van der Waals surface area contributed by atoms with Gasteiger partial charge < -0.3 is 9.64 Å². The van der Waals surface area contributed by atoms with Gasteiger partial charge in [-0.2, -0.15) is 0 Å². The summed E-state index contributed by atoms with van der Waals surface area (Å²) in [6, 6.07) is 31.9. The van der Waals surface area contributed by atoms with Gasteiger partial charge in [-0.1, -0.05) is 91.0 Å². The molecule has 1 aliphatic heterocycles. The molecule has 1 aliphatic rings. The fraction of sp³-hybridized carbons (Fsp3) is 0.308. The number of hydrogen-bond donors (Lipinski definition) is 0. The molecule has 28 heavy (non-hydrogen) atoms. The highest BCUT2D eigenvalue weighted by Gasteiger charge is 2.24. The Morgan fingerprint density at radius 1 is 0.786 bits per heavy atom. The summed E-state index contributed by atoms with van der Waals surface area (Å²) in [5, 5.41) is 0. The molecule has 0 spiro atoms. The fourth-order valence-electron chi connectivity index (χ4n) is 4.06. The SMILES string of the molecule is c1ccc(CCN2CCC(COC(c3ccccc3)c3ccccc3)C2)cc1. The van der Waals surface area contributed by atoms with Crippen molar-refractivity contribution >= 4 is 0 Å². The van der Waals surface area contributed by atoms with Gasteiger partial charge in [0.15, 0.2) is 0 Å². The predicted molar refractivity (Wildman–Crippen MR) is 115 cm³/mol. The van der Waals surface area contributed by atoms with E-state index in [2.05, 4.69) is 95.9 Å². The zero-order valence-electron chi connectivity index (χ0n) is 16.4. The van der Waals surface area contributed by atoms with Crippen LogP contribution in [0.25, 0.3) is 0 Å². The lowest BCUT2D eigenvalue weighted by atomic mass is 10.0. The Kier molecular flexibility index (Phi) is 6.54. The first kappa shape index (κ1) is 18.9. The molecule has 1 atom stereocenters. The van der Waals surface area contributed by atoms with Crippen molar-refractivity contribution in [3.8, 4) is 0 Å². The Morgan fingerprint density at radius 3 is 1.96 bits per heavy atom. The van der Waals surface area contributed by atoms with Gasteiger partial charge >= 0.3 is 0 Å². The molecule has 1 unspecified atom stereocenters. The van der Waals surface area contributed by atoms with E-state index in [0.29, 0.717) is 5.92 Å². The Bertz CT molecular complexity index is 779. The van der Waals surface area contributed by atoms with Gasteiger partial charge in [0.25, 0.3) is 0 Å². The van der Waals surface area contributed by atoms with Crippen molar-refractivity contribution in [1.29, 1.82) is 0 Å². The van der Waals surface area contributed by atoms with E-state index >= 15 is 0 Å². The fourth-order valence-corrected chi connectivity index (χ4v) is 4.06. The van der Waals surface area contributed by atoms with Gasteiger partial charge in [-0.25, -0.2) is 0 Å². The maximum atomic E-state index is 6.48. The van der Waals surface area contributed by atoms with Crippen LogP contribution in [0.4, 0.5) is 0 Å². The molecule has 0 amide bonds. The molecule has 0 aliphatic carbocycles. The van der Waals surface area contributed by atoms with Crippen molar-refractivity contribution in [2.24, 2.45) is 5.92 Å². The molecule has 3 aromatic rings. The van der Waals surface area contributed by atoms with E-state index in [4.69, 9.17) is 4.74 Å². The molecular formula is C26H29NO. The minimum Gasteiger partial charge on any atom is -0.368 e. The molecule has 0 bridgehead atoms. The van der Waals surface area contributed by atoms with Crippen LogP contribution in [-0.4, -0.2) is 31.1 Å². The average molecular weight is 372 g/mol. The minimum absolute atomic E-state index is 0.0146. The monoisotopic (exact) mass is 371 g/mol. The van der Waals surface area contributed by atoms with Crippen molar-refractivity contribution in [2.75, 3.05) is 26.2 Å². The van der Waals surface area contributed by atoms with Gasteiger partial charge in [0.1, 0.15) is 6.10 Å². The molecule has 2 nitrogen and oxygen atoms in total. The van der Waals surface area contributed by atoms with Gasteiger partial charge in [0.2, 0.25) is 0 Å². The molecule has 144 valence electrons. The third-order valence-corrected chi connectivity index (χ3v) is 5.63. The number of rotatable bonds is 8. The first-order valence-electron chi connectivity index (χ1n) is 10.4. The molecule has 0 N–H and O–H groups in total. The Balaban J connectivity index is 1.32. The second-order valence-electron chi connectivity index (χ2n) is 7.73. The maximum Gasteiger partial charge on any atom is 0.108 e. The maximum absolute atomic E-state index is 6.48. The van der Waals surface area contributed by atoms with Crippen LogP contribution in [0.5, 0.6) is 0 Å². The number of hydrogen-bond acceptors (Lipinski definition) is 2. The Labute approximate surface area is 168 Å². The van der Waals surface area contributed by atoms with Crippen molar-refractivity contribution in [1.82, 2.24) is 4.90 Å². The van der Waals surface area contributed by atoms with Crippen LogP contribution in [0.3, 0.4) is 0 Å². The van der Waals surface area contributed by atoms with E-state index in [1.807, 2.05) is 0 Å². The number of nitrogens with zero attached hydrogens (tertiary/aromatic N) is 1. The molecular weight excluding hydrogens is 342 g/mol. The van der Waals surface area contributed by atoms with Crippen LogP contribution < -0.4 is 0 Å². The van der Waals surface area contributed by atoms with Crippen LogP contribution in [0.2, 0.25) is 0 Å². The third kappa shape index (κ3) is 5.09. The zero-order chi connectivity index (χ0) is 19.0. The highest BCUT2D eigenvalue weighted by molar-refractivity contribution is 5.29. The van der Waals surface area contributed by atoms with Crippen molar-refractivity contribution in [2.45, 2.75) is 18.9 Å². The summed E-state index contributed by atoms with van der Waals surface area (Å²) in [7, 11) is 0. The molecule has 2 heteroatoms. The molecule has 0 saturated carbocycles. The highest BCUT2D eigenvalue weighted by Crippen LogP contribution is 2.28. The summed E-state index contributed by atoms with van der Waals surface area (Å²) in [6.45, 7) is 4.28. The van der Waals surface area contributed by atoms with Crippen LogP contribution in [0.1, 0.15) is 29.2 Å². The summed E-state index contributed by atoms with van der Waals surface area (Å²) in [6.07, 6.45) is 2.37. The number of benzene rings is 3. The van der Waals surface area contributed by atoms with Crippen LogP contribution in [-0.2, 0) is 11.2 Å². The minimum atomic E-state index is 0.0146. The summed E-state index contributed by atoms with van der Waals surface area (Å²) in [4.78, 5) is 2.58. The molecule has 1 saturated heterocycles. The van der Waals surface area contributed by atoms with Gasteiger partial charge in [-0.05, 0) is 42.0 Å².